The molecule has 1 nitrogen and oxygen atoms in total. The molecule has 0 heterocycles. The number of thioether (sulfide) groups is 1. The molecular weight excluding hydrogens is 282 g/mol. The monoisotopic (exact) mass is 299 g/mol. The van der Waals surface area contributed by atoms with Gasteiger partial charge in [-0.25, -0.2) is 0 Å². The van der Waals surface area contributed by atoms with E-state index in [9.17, 15) is 0 Å². The van der Waals surface area contributed by atoms with Crippen molar-refractivity contribution in [1.82, 2.24) is 0 Å². The van der Waals surface area contributed by atoms with Gasteiger partial charge in [0.15, 0.2) is 0 Å². The Kier molecular flexibility index (Phi) is 4.34. The summed E-state index contributed by atoms with van der Waals surface area (Å²) in [4.78, 5) is 1.33. The summed E-state index contributed by atoms with van der Waals surface area (Å²) in [6.07, 6.45) is 6.55. The third-order valence-electron chi connectivity index (χ3n) is 3.30. The van der Waals surface area contributed by atoms with Gasteiger partial charge in [0.1, 0.15) is 0 Å². The van der Waals surface area contributed by atoms with Gasteiger partial charge in [-0.3, -0.25) is 0 Å². The summed E-state index contributed by atoms with van der Waals surface area (Å²) >= 11 is 5.58. The van der Waals surface area contributed by atoms with Crippen molar-refractivity contribution in [2.75, 3.05) is 6.54 Å². The van der Waals surface area contributed by atoms with Crippen LogP contribution >= 0.6 is 27.7 Å². The van der Waals surface area contributed by atoms with Crippen molar-refractivity contribution in [2.24, 2.45) is 5.73 Å². The van der Waals surface area contributed by atoms with Gasteiger partial charge in [-0.15, -0.1) is 11.8 Å². The molecule has 3 heteroatoms. The summed E-state index contributed by atoms with van der Waals surface area (Å²) in [5, 5.41) is 0. The summed E-state index contributed by atoms with van der Waals surface area (Å²) in [5.41, 5.74) is 6.00. The number of halogens is 1. The molecule has 0 aromatic heterocycles. The maximum atomic E-state index is 6.00. The summed E-state index contributed by atoms with van der Waals surface area (Å²) in [5.74, 6) is 0. The second-order valence-electron chi connectivity index (χ2n) is 4.48. The molecule has 0 bridgehead atoms. The number of benzene rings is 1. The van der Waals surface area contributed by atoms with Gasteiger partial charge in [-0.2, -0.15) is 0 Å². The molecule has 1 aromatic carbocycles. The highest BCUT2D eigenvalue weighted by Crippen LogP contribution is 2.45. The summed E-state index contributed by atoms with van der Waals surface area (Å²) in [6, 6.07) is 8.44. The lowest BCUT2D eigenvalue weighted by Crippen LogP contribution is -2.36. The van der Waals surface area contributed by atoms with Crippen LogP contribution in [0.25, 0.3) is 0 Å². The lowest BCUT2D eigenvalue weighted by molar-refractivity contribution is 0.404. The van der Waals surface area contributed by atoms with E-state index in [4.69, 9.17) is 5.73 Å². The molecule has 1 saturated carbocycles. The molecule has 0 amide bonds. The summed E-state index contributed by atoms with van der Waals surface area (Å²) in [7, 11) is 0. The predicted molar refractivity (Wildman–Crippen MR) is 74.9 cm³/mol. The maximum absolute atomic E-state index is 6.00. The van der Waals surface area contributed by atoms with Crippen LogP contribution in [0.5, 0.6) is 0 Å². The minimum absolute atomic E-state index is 0.280. The Morgan fingerprint density at radius 3 is 2.50 bits per heavy atom. The first kappa shape index (κ1) is 12.5. The zero-order chi connectivity index (χ0) is 11.4. The van der Waals surface area contributed by atoms with Gasteiger partial charge >= 0.3 is 0 Å². The number of hydrogen-bond donors (Lipinski definition) is 1. The zero-order valence-corrected chi connectivity index (χ0v) is 11.8. The van der Waals surface area contributed by atoms with E-state index in [1.807, 2.05) is 11.8 Å². The van der Waals surface area contributed by atoms with Crippen LogP contribution in [0.4, 0.5) is 0 Å². The van der Waals surface area contributed by atoms with E-state index in [-0.39, 0.29) is 4.75 Å². The normalized spacial score (nSPS) is 19.6. The summed E-state index contributed by atoms with van der Waals surface area (Å²) < 4.78 is 1.47. The first-order valence-electron chi connectivity index (χ1n) is 5.89. The third-order valence-corrected chi connectivity index (χ3v) is 5.84. The molecule has 0 unspecified atom stereocenters. The molecule has 2 N–H and O–H groups in total. The average molecular weight is 300 g/mol. The Morgan fingerprint density at radius 2 is 1.88 bits per heavy atom. The first-order chi connectivity index (χ1) is 7.76. The minimum Gasteiger partial charge on any atom is -0.329 e. The van der Waals surface area contributed by atoms with Gasteiger partial charge in [-0.05, 0) is 40.9 Å². The van der Waals surface area contributed by atoms with E-state index < -0.39 is 0 Å². The fourth-order valence-electron chi connectivity index (χ4n) is 2.30. The van der Waals surface area contributed by atoms with Crippen LogP contribution in [0.3, 0.4) is 0 Å². The molecule has 0 spiro atoms. The lowest BCUT2D eigenvalue weighted by Gasteiger charge is -2.35. The molecule has 2 rings (SSSR count). The molecule has 0 atom stereocenters. The lowest BCUT2D eigenvalue weighted by atomic mass is 9.88. The van der Waals surface area contributed by atoms with E-state index in [0.29, 0.717) is 0 Å². The first-order valence-corrected chi connectivity index (χ1v) is 7.50. The Balaban J connectivity index is 2.15. The highest BCUT2D eigenvalue weighted by molar-refractivity contribution is 9.10. The van der Waals surface area contributed by atoms with Crippen molar-refractivity contribution < 1.29 is 0 Å². The molecule has 1 aliphatic rings. The van der Waals surface area contributed by atoms with E-state index in [0.717, 1.165) is 6.54 Å². The van der Waals surface area contributed by atoms with Crippen LogP contribution in [-0.2, 0) is 0 Å². The van der Waals surface area contributed by atoms with Crippen LogP contribution in [0, 0.1) is 0 Å². The second-order valence-corrected chi connectivity index (χ2v) is 6.84. The van der Waals surface area contributed by atoms with E-state index >= 15 is 0 Å². The van der Waals surface area contributed by atoms with Crippen LogP contribution < -0.4 is 5.73 Å². The highest BCUT2D eigenvalue weighted by Gasteiger charge is 2.32. The maximum Gasteiger partial charge on any atom is 0.0329 e. The van der Waals surface area contributed by atoms with Gasteiger partial charge in [0.2, 0.25) is 0 Å². The van der Waals surface area contributed by atoms with E-state index in [1.165, 1.54) is 41.5 Å². The van der Waals surface area contributed by atoms with Crippen molar-refractivity contribution in [3.63, 3.8) is 0 Å². The molecule has 16 heavy (non-hydrogen) atoms. The van der Waals surface area contributed by atoms with Crippen molar-refractivity contribution in [2.45, 2.75) is 41.7 Å². The Hall–Kier alpha value is 0.01000. The van der Waals surface area contributed by atoms with Crippen LogP contribution in [0.1, 0.15) is 32.1 Å². The smallest absolute Gasteiger partial charge is 0.0329 e. The van der Waals surface area contributed by atoms with E-state index in [2.05, 4.69) is 40.2 Å². The fourth-order valence-corrected chi connectivity index (χ4v) is 4.19. The second kappa shape index (κ2) is 5.56. The standard InChI is InChI=1S/C13H18BrNS/c14-11-6-2-3-7-12(11)16-13(10-15)8-4-1-5-9-13/h2-3,6-7H,1,4-5,8-10,15H2. The SMILES string of the molecule is NCC1(Sc2ccccc2Br)CCCCC1. The molecule has 0 aliphatic heterocycles. The van der Waals surface area contributed by atoms with Crippen LogP contribution in [0.15, 0.2) is 33.6 Å². The summed E-state index contributed by atoms with van der Waals surface area (Å²) in [6.45, 7) is 0.791. The van der Waals surface area contributed by atoms with Crippen molar-refractivity contribution in [3.8, 4) is 0 Å². The molecule has 0 radical (unpaired) electrons. The van der Waals surface area contributed by atoms with Gasteiger partial charge in [0.25, 0.3) is 0 Å². The third kappa shape index (κ3) is 2.82. The van der Waals surface area contributed by atoms with Crippen molar-refractivity contribution in [3.05, 3.63) is 28.7 Å². The minimum atomic E-state index is 0.280. The van der Waals surface area contributed by atoms with Gasteiger partial charge < -0.3 is 5.73 Å². The van der Waals surface area contributed by atoms with Crippen molar-refractivity contribution >= 4 is 27.7 Å². The molecule has 88 valence electrons. The van der Waals surface area contributed by atoms with Gasteiger partial charge in [0, 0.05) is 20.7 Å². The number of hydrogen-bond acceptors (Lipinski definition) is 2. The van der Waals surface area contributed by atoms with Crippen molar-refractivity contribution in [1.29, 1.82) is 0 Å². The van der Waals surface area contributed by atoms with Gasteiger partial charge in [0.05, 0.1) is 0 Å². The average Bonchev–Trinajstić information content (AvgIpc) is 2.33. The molecule has 1 aliphatic carbocycles. The molecular formula is C13H18BrNS. The van der Waals surface area contributed by atoms with E-state index in [1.54, 1.807) is 0 Å². The highest BCUT2D eigenvalue weighted by atomic mass is 79.9. The van der Waals surface area contributed by atoms with Crippen LogP contribution in [-0.4, -0.2) is 11.3 Å². The predicted octanol–water partition coefficient (Wildman–Crippen LogP) is 4.20. The van der Waals surface area contributed by atoms with Gasteiger partial charge in [-0.1, -0.05) is 31.4 Å². The fraction of sp³-hybridized carbons (Fsp3) is 0.538. The zero-order valence-electron chi connectivity index (χ0n) is 9.42. The molecule has 0 saturated heterocycles. The Bertz CT molecular complexity index is 348. The quantitative estimate of drug-likeness (QED) is 0.905. The molecule has 1 fully saturated rings. The Morgan fingerprint density at radius 1 is 1.19 bits per heavy atom. The molecule has 1 aromatic rings. The Labute approximate surface area is 110 Å². The topological polar surface area (TPSA) is 26.0 Å². The largest absolute Gasteiger partial charge is 0.329 e. The van der Waals surface area contributed by atoms with Crippen LogP contribution in [0.2, 0.25) is 0 Å². The number of nitrogens with two attached hydrogens (primary N) is 1. The number of rotatable bonds is 3.